The summed E-state index contributed by atoms with van der Waals surface area (Å²) in [6.07, 6.45) is 5.78. The lowest BCUT2D eigenvalue weighted by molar-refractivity contribution is 0.377. The van der Waals surface area contributed by atoms with E-state index in [-0.39, 0.29) is 0 Å². The minimum Gasteiger partial charge on any atom is -0.307 e. The van der Waals surface area contributed by atoms with E-state index in [2.05, 4.69) is 52.4 Å². The van der Waals surface area contributed by atoms with Crippen LogP contribution in [0.3, 0.4) is 0 Å². The highest BCUT2D eigenvalue weighted by atomic mass is 79.9. The first-order valence-corrected chi connectivity index (χ1v) is 7.55. The van der Waals surface area contributed by atoms with Gasteiger partial charge in [-0.3, -0.25) is 0 Å². The summed E-state index contributed by atoms with van der Waals surface area (Å²) in [5, 5.41) is 3.86. The highest BCUT2D eigenvalue weighted by molar-refractivity contribution is 9.10. The Morgan fingerprint density at radius 2 is 1.59 bits per heavy atom. The molecule has 2 heteroatoms. The number of benzene rings is 1. The third-order valence-electron chi connectivity index (χ3n) is 4.07. The molecule has 1 N–H and O–H groups in total. The van der Waals surface area contributed by atoms with Gasteiger partial charge >= 0.3 is 0 Å². The molecule has 1 nitrogen and oxygen atoms in total. The van der Waals surface area contributed by atoms with Crippen LogP contribution in [0.15, 0.2) is 28.7 Å². The Hall–Kier alpha value is -0.340. The second-order valence-electron chi connectivity index (χ2n) is 5.64. The lowest BCUT2D eigenvalue weighted by Crippen LogP contribution is -2.35. The van der Waals surface area contributed by atoms with E-state index in [0.29, 0.717) is 6.04 Å². The largest absolute Gasteiger partial charge is 0.307 e. The van der Waals surface area contributed by atoms with Crippen molar-refractivity contribution < 1.29 is 0 Å². The van der Waals surface area contributed by atoms with Crippen LogP contribution in [-0.4, -0.2) is 6.04 Å². The molecule has 3 rings (SSSR count). The van der Waals surface area contributed by atoms with Gasteiger partial charge in [0.05, 0.1) is 0 Å². The summed E-state index contributed by atoms with van der Waals surface area (Å²) in [4.78, 5) is 0. The Balaban J connectivity index is 1.64. The Kier molecular flexibility index (Phi) is 3.27. The summed E-state index contributed by atoms with van der Waals surface area (Å²) >= 11 is 3.49. The van der Waals surface area contributed by atoms with Crippen LogP contribution < -0.4 is 5.32 Å². The molecule has 1 aromatic carbocycles. The van der Waals surface area contributed by atoms with Crippen molar-refractivity contribution >= 4 is 15.9 Å². The average molecular weight is 294 g/mol. The quantitative estimate of drug-likeness (QED) is 0.854. The van der Waals surface area contributed by atoms with E-state index in [9.17, 15) is 0 Å². The first kappa shape index (κ1) is 11.7. The molecule has 92 valence electrons. The van der Waals surface area contributed by atoms with Gasteiger partial charge in [0.15, 0.2) is 0 Å². The molecule has 0 heterocycles. The number of rotatable bonds is 5. The second kappa shape index (κ2) is 4.74. The topological polar surface area (TPSA) is 12.0 Å². The molecule has 0 saturated heterocycles. The highest BCUT2D eigenvalue weighted by Gasteiger charge is 2.41. The van der Waals surface area contributed by atoms with Crippen molar-refractivity contribution in [2.24, 2.45) is 11.8 Å². The molecular formula is C15H20BrN. The van der Waals surface area contributed by atoms with E-state index in [4.69, 9.17) is 0 Å². The molecule has 0 aromatic heterocycles. The van der Waals surface area contributed by atoms with Crippen LogP contribution in [0.4, 0.5) is 0 Å². The van der Waals surface area contributed by atoms with Gasteiger partial charge in [-0.25, -0.2) is 0 Å². The Morgan fingerprint density at radius 1 is 1.06 bits per heavy atom. The molecule has 1 atom stereocenters. The van der Waals surface area contributed by atoms with Crippen LogP contribution in [0.25, 0.3) is 0 Å². The molecule has 0 bridgehead atoms. The molecule has 0 spiro atoms. The van der Waals surface area contributed by atoms with Crippen molar-refractivity contribution in [2.45, 2.75) is 44.7 Å². The van der Waals surface area contributed by atoms with Crippen molar-refractivity contribution in [3.8, 4) is 0 Å². The molecule has 1 aromatic rings. The van der Waals surface area contributed by atoms with E-state index >= 15 is 0 Å². The first-order chi connectivity index (χ1) is 8.24. The molecule has 2 fully saturated rings. The van der Waals surface area contributed by atoms with E-state index in [1.165, 1.54) is 31.2 Å². The number of halogens is 1. The smallest absolute Gasteiger partial charge is 0.0294 e. The van der Waals surface area contributed by atoms with Crippen molar-refractivity contribution in [3.05, 3.63) is 34.3 Å². The van der Waals surface area contributed by atoms with Gasteiger partial charge < -0.3 is 5.32 Å². The maximum absolute atomic E-state index is 3.86. The van der Waals surface area contributed by atoms with Crippen LogP contribution in [-0.2, 0) is 0 Å². The molecule has 2 saturated carbocycles. The fraction of sp³-hybridized carbons (Fsp3) is 0.600. The van der Waals surface area contributed by atoms with E-state index < -0.39 is 0 Å². The maximum Gasteiger partial charge on any atom is 0.0294 e. The van der Waals surface area contributed by atoms with E-state index in [1.807, 2.05) is 0 Å². The minimum absolute atomic E-state index is 0.481. The molecule has 17 heavy (non-hydrogen) atoms. The molecule has 0 unspecified atom stereocenters. The zero-order chi connectivity index (χ0) is 11.8. The standard InChI is InChI=1S/C15H20BrN/c1-10(11-6-8-14(16)9-7-11)17-15(12-2-3-12)13-4-5-13/h6-10,12-13,15,17H,2-5H2,1H3/t10-/m1/s1. The fourth-order valence-corrected chi connectivity index (χ4v) is 2.97. The van der Waals surface area contributed by atoms with Crippen molar-refractivity contribution in [2.75, 3.05) is 0 Å². The van der Waals surface area contributed by atoms with Gasteiger partial charge in [0.1, 0.15) is 0 Å². The number of hydrogen-bond donors (Lipinski definition) is 1. The summed E-state index contributed by atoms with van der Waals surface area (Å²) in [5.74, 6) is 1.95. The molecule has 0 amide bonds. The van der Waals surface area contributed by atoms with Gasteiger partial charge in [-0.2, -0.15) is 0 Å². The summed E-state index contributed by atoms with van der Waals surface area (Å²) in [6.45, 7) is 2.29. The number of hydrogen-bond acceptors (Lipinski definition) is 1. The van der Waals surface area contributed by atoms with Crippen LogP contribution in [0, 0.1) is 11.8 Å². The molecule has 0 aliphatic heterocycles. The van der Waals surface area contributed by atoms with Crippen molar-refractivity contribution in [1.82, 2.24) is 5.32 Å². The van der Waals surface area contributed by atoms with Crippen molar-refractivity contribution in [3.63, 3.8) is 0 Å². The van der Waals surface area contributed by atoms with Gasteiger partial charge in [0, 0.05) is 16.6 Å². The van der Waals surface area contributed by atoms with Gasteiger partial charge in [0.25, 0.3) is 0 Å². The second-order valence-corrected chi connectivity index (χ2v) is 6.56. The lowest BCUT2D eigenvalue weighted by Gasteiger charge is -2.23. The van der Waals surface area contributed by atoms with Crippen LogP contribution in [0.1, 0.15) is 44.2 Å². The summed E-state index contributed by atoms with van der Waals surface area (Å²) in [6, 6.07) is 9.98. The minimum atomic E-state index is 0.481. The normalized spacial score (nSPS) is 21.8. The summed E-state index contributed by atoms with van der Waals surface area (Å²) in [5.41, 5.74) is 1.40. The fourth-order valence-electron chi connectivity index (χ4n) is 2.70. The third kappa shape index (κ3) is 2.92. The first-order valence-electron chi connectivity index (χ1n) is 6.75. The average Bonchev–Trinajstić information content (AvgIpc) is 3.17. The summed E-state index contributed by atoms with van der Waals surface area (Å²) in [7, 11) is 0. The van der Waals surface area contributed by atoms with Crippen molar-refractivity contribution in [1.29, 1.82) is 0 Å². The van der Waals surface area contributed by atoms with Crippen LogP contribution in [0.2, 0.25) is 0 Å². The Labute approximate surface area is 112 Å². The van der Waals surface area contributed by atoms with Gasteiger partial charge in [0.2, 0.25) is 0 Å². The molecule has 2 aliphatic carbocycles. The van der Waals surface area contributed by atoms with E-state index in [0.717, 1.165) is 22.4 Å². The van der Waals surface area contributed by atoms with E-state index in [1.54, 1.807) is 0 Å². The van der Waals surface area contributed by atoms with Crippen LogP contribution >= 0.6 is 15.9 Å². The van der Waals surface area contributed by atoms with Gasteiger partial charge in [-0.1, -0.05) is 28.1 Å². The molecular weight excluding hydrogens is 274 g/mol. The molecule has 0 radical (unpaired) electrons. The lowest BCUT2D eigenvalue weighted by atomic mass is 10.0. The predicted octanol–water partition coefficient (Wildman–Crippen LogP) is 4.29. The maximum atomic E-state index is 3.86. The SMILES string of the molecule is C[C@@H](NC(C1CC1)C1CC1)c1ccc(Br)cc1. The monoisotopic (exact) mass is 293 g/mol. The summed E-state index contributed by atoms with van der Waals surface area (Å²) < 4.78 is 1.16. The Bertz CT molecular complexity index is 366. The zero-order valence-electron chi connectivity index (χ0n) is 10.3. The predicted molar refractivity (Wildman–Crippen MR) is 74.9 cm³/mol. The highest BCUT2D eigenvalue weighted by Crippen LogP contribution is 2.45. The third-order valence-corrected chi connectivity index (χ3v) is 4.60. The molecule has 2 aliphatic rings. The Morgan fingerprint density at radius 3 is 2.06 bits per heavy atom. The van der Waals surface area contributed by atoms with Gasteiger partial charge in [-0.15, -0.1) is 0 Å². The zero-order valence-corrected chi connectivity index (χ0v) is 11.9. The number of nitrogens with one attached hydrogen (secondary N) is 1. The van der Waals surface area contributed by atoms with Gasteiger partial charge in [-0.05, 0) is 62.1 Å². The van der Waals surface area contributed by atoms with Crippen LogP contribution in [0.5, 0.6) is 0 Å².